The molecule has 0 bridgehead atoms. The molecule has 2 heterocycles. The number of hydrogen-bond acceptors (Lipinski definition) is 9. The number of fused-ring (bicyclic) bond motifs is 1. The number of amides is 2. The van der Waals surface area contributed by atoms with Crippen LogP contribution in [0.25, 0.3) is 0 Å². The lowest BCUT2D eigenvalue weighted by atomic mass is 9.85. The van der Waals surface area contributed by atoms with Crippen molar-refractivity contribution < 1.29 is 19.1 Å². The van der Waals surface area contributed by atoms with Crippen molar-refractivity contribution in [3.05, 3.63) is 18.0 Å². The molecule has 27 heavy (non-hydrogen) atoms. The van der Waals surface area contributed by atoms with E-state index in [0.717, 1.165) is 4.90 Å². The second kappa shape index (κ2) is 7.29. The van der Waals surface area contributed by atoms with Crippen LogP contribution in [-0.4, -0.2) is 57.8 Å². The third-order valence-corrected chi connectivity index (χ3v) is 4.70. The van der Waals surface area contributed by atoms with Crippen LogP contribution in [0.3, 0.4) is 0 Å². The van der Waals surface area contributed by atoms with Gasteiger partial charge in [-0.15, -0.1) is 0 Å². The zero-order valence-electron chi connectivity index (χ0n) is 15.5. The van der Waals surface area contributed by atoms with Crippen molar-refractivity contribution in [2.45, 2.75) is 32.4 Å². The van der Waals surface area contributed by atoms with Gasteiger partial charge in [0, 0.05) is 14.1 Å². The summed E-state index contributed by atoms with van der Waals surface area (Å²) in [6.45, 7) is 1.25. The summed E-state index contributed by atoms with van der Waals surface area (Å²) >= 11 is 0. The van der Waals surface area contributed by atoms with E-state index in [1.807, 2.05) is 12.2 Å². The molecule has 0 spiro atoms. The van der Waals surface area contributed by atoms with Gasteiger partial charge in [-0.2, -0.15) is 15.0 Å². The standard InChI is InChI=1S/C17H22N6O4/c1-9(23-13(24)10-6-4-5-7-11(10)14(23)25)15(26)27-8-12-19-16(18)21-17(20-12)22(2)3/h4-5,9-11H,6-8H2,1-3H3,(H2,18,19,20,21)/t9-,10?,11?/m0/s1. The maximum Gasteiger partial charge on any atom is 0.329 e. The molecule has 0 aromatic carbocycles. The summed E-state index contributed by atoms with van der Waals surface area (Å²) in [6, 6.07) is -1.01. The lowest BCUT2D eigenvalue weighted by Crippen LogP contribution is -2.44. The molecule has 0 saturated carbocycles. The molecule has 2 N–H and O–H groups in total. The van der Waals surface area contributed by atoms with Gasteiger partial charge in [0.1, 0.15) is 6.04 Å². The summed E-state index contributed by atoms with van der Waals surface area (Å²) in [5, 5.41) is 0. The Labute approximate surface area is 156 Å². The Morgan fingerprint density at radius 1 is 1.22 bits per heavy atom. The first-order valence-electron chi connectivity index (χ1n) is 8.66. The first-order chi connectivity index (χ1) is 12.8. The van der Waals surface area contributed by atoms with Crippen molar-refractivity contribution in [2.24, 2.45) is 11.8 Å². The number of nitrogens with two attached hydrogens (primary N) is 1. The summed E-state index contributed by atoms with van der Waals surface area (Å²) in [5.41, 5.74) is 5.63. The Kier molecular flexibility index (Phi) is 5.06. The Hall–Kier alpha value is -3.04. The normalized spacial score (nSPS) is 22.6. The van der Waals surface area contributed by atoms with Gasteiger partial charge in [0.15, 0.2) is 12.4 Å². The second-order valence-corrected chi connectivity index (χ2v) is 6.79. The molecule has 1 aliphatic heterocycles. The number of esters is 1. The SMILES string of the molecule is C[C@@H](C(=O)OCc1nc(N)nc(N(C)C)n1)N1C(=O)C2CC=CCC2C1=O. The van der Waals surface area contributed by atoms with Crippen molar-refractivity contribution in [3.8, 4) is 0 Å². The van der Waals surface area contributed by atoms with Gasteiger partial charge in [0.2, 0.25) is 23.7 Å². The minimum absolute atomic E-state index is 0.00858. The van der Waals surface area contributed by atoms with Gasteiger partial charge in [0.05, 0.1) is 11.8 Å². The number of carbonyl (C=O) groups excluding carboxylic acids is 3. The zero-order chi connectivity index (χ0) is 19.7. The van der Waals surface area contributed by atoms with Crippen molar-refractivity contribution >= 4 is 29.7 Å². The van der Waals surface area contributed by atoms with Crippen LogP contribution in [0, 0.1) is 11.8 Å². The monoisotopic (exact) mass is 374 g/mol. The van der Waals surface area contributed by atoms with Gasteiger partial charge in [-0.05, 0) is 19.8 Å². The molecular weight excluding hydrogens is 352 g/mol. The molecule has 10 heteroatoms. The molecule has 2 amide bonds. The van der Waals surface area contributed by atoms with Crippen molar-refractivity contribution in [1.82, 2.24) is 19.9 Å². The van der Waals surface area contributed by atoms with Crippen LogP contribution in [-0.2, 0) is 25.7 Å². The highest BCUT2D eigenvalue weighted by Crippen LogP contribution is 2.36. The lowest BCUT2D eigenvalue weighted by molar-refractivity contribution is -0.159. The van der Waals surface area contributed by atoms with Crippen LogP contribution < -0.4 is 10.6 Å². The van der Waals surface area contributed by atoms with Crippen LogP contribution >= 0.6 is 0 Å². The van der Waals surface area contributed by atoms with E-state index in [1.54, 1.807) is 19.0 Å². The number of aromatic nitrogens is 3. The molecule has 3 rings (SSSR count). The van der Waals surface area contributed by atoms with Crippen LogP contribution in [0.1, 0.15) is 25.6 Å². The first-order valence-corrected chi connectivity index (χ1v) is 8.66. The van der Waals surface area contributed by atoms with Gasteiger partial charge < -0.3 is 15.4 Å². The highest BCUT2D eigenvalue weighted by molar-refractivity contribution is 6.08. The fourth-order valence-corrected chi connectivity index (χ4v) is 3.26. The van der Waals surface area contributed by atoms with Gasteiger partial charge in [0.25, 0.3) is 0 Å². The predicted molar refractivity (Wildman–Crippen MR) is 95.0 cm³/mol. The van der Waals surface area contributed by atoms with Crippen molar-refractivity contribution in [2.75, 3.05) is 24.7 Å². The minimum Gasteiger partial charge on any atom is -0.456 e. The zero-order valence-corrected chi connectivity index (χ0v) is 15.5. The summed E-state index contributed by atoms with van der Waals surface area (Å²) in [7, 11) is 3.48. The molecule has 2 aliphatic rings. The van der Waals surface area contributed by atoms with Crippen molar-refractivity contribution in [3.63, 3.8) is 0 Å². The largest absolute Gasteiger partial charge is 0.456 e. The molecule has 144 valence electrons. The minimum atomic E-state index is -1.01. The number of rotatable bonds is 5. The fourth-order valence-electron chi connectivity index (χ4n) is 3.26. The fraction of sp³-hybridized carbons (Fsp3) is 0.529. The van der Waals surface area contributed by atoms with E-state index in [2.05, 4.69) is 15.0 Å². The van der Waals surface area contributed by atoms with E-state index >= 15 is 0 Å². The number of carbonyl (C=O) groups is 3. The van der Waals surface area contributed by atoms with Gasteiger partial charge in [-0.1, -0.05) is 12.2 Å². The molecule has 3 atom stereocenters. The van der Waals surface area contributed by atoms with E-state index in [1.165, 1.54) is 6.92 Å². The molecule has 0 radical (unpaired) electrons. The van der Waals surface area contributed by atoms with E-state index < -0.39 is 12.0 Å². The Morgan fingerprint density at radius 3 is 2.37 bits per heavy atom. The van der Waals surface area contributed by atoms with Crippen LogP contribution in [0.4, 0.5) is 11.9 Å². The summed E-state index contributed by atoms with van der Waals surface area (Å²) in [4.78, 5) is 52.2. The van der Waals surface area contributed by atoms with E-state index in [0.29, 0.717) is 18.8 Å². The maximum atomic E-state index is 12.5. The number of likely N-dealkylation sites (tertiary alicyclic amines) is 1. The number of allylic oxidation sites excluding steroid dienone is 2. The average Bonchev–Trinajstić information content (AvgIpc) is 2.89. The third kappa shape index (κ3) is 3.60. The summed E-state index contributed by atoms with van der Waals surface area (Å²) in [6.07, 6.45) is 4.83. The molecule has 1 aromatic heterocycles. The number of ether oxygens (including phenoxy) is 1. The van der Waals surface area contributed by atoms with Crippen molar-refractivity contribution in [1.29, 1.82) is 0 Å². The molecule has 1 fully saturated rings. The molecule has 1 aromatic rings. The molecule has 1 aliphatic carbocycles. The van der Waals surface area contributed by atoms with Crippen LogP contribution in [0.2, 0.25) is 0 Å². The molecule has 1 saturated heterocycles. The highest BCUT2D eigenvalue weighted by Gasteiger charge is 2.50. The Bertz CT molecular complexity index is 783. The molecule has 10 nitrogen and oxygen atoms in total. The van der Waals surface area contributed by atoms with E-state index in [9.17, 15) is 14.4 Å². The van der Waals surface area contributed by atoms with Gasteiger partial charge >= 0.3 is 5.97 Å². The number of nitrogen functional groups attached to an aromatic ring is 1. The van der Waals surface area contributed by atoms with Gasteiger partial charge in [-0.3, -0.25) is 14.5 Å². The van der Waals surface area contributed by atoms with Crippen LogP contribution in [0.5, 0.6) is 0 Å². The quantitative estimate of drug-likeness (QED) is 0.426. The predicted octanol–water partition coefficient (Wildman–Crippen LogP) is -0.0973. The average molecular weight is 374 g/mol. The smallest absolute Gasteiger partial charge is 0.329 e. The number of imide groups is 1. The maximum absolute atomic E-state index is 12.5. The topological polar surface area (TPSA) is 132 Å². The lowest BCUT2D eigenvalue weighted by Gasteiger charge is -2.21. The summed E-state index contributed by atoms with van der Waals surface area (Å²) < 4.78 is 5.21. The number of nitrogens with zero attached hydrogens (tertiary/aromatic N) is 5. The third-order valence-electron chi connectivity index (χ3n) is 4.70. The summed E-state index contributed by atoms with van der Waals surface area (Å²) in [5.74, 6) is -1.58. The van der Waals surface area contributed by atoms with Crippen LogP contribution in [0.15, 0.2) is 12.2 Å². The molecule has 2 unspecified atom stereocenters. The second-order valence-electron chi connectivity index (χ2n) is 6.79. The number of hydrogen-bond donors (Lipinski definition) is 1. The first kappa shape index (κ1) is 18.7. The van der Waals surface area contributed by atoms with Gasteiger partial charge in [-0.25, -0.2) is 4.79 Å². The Morgan fingerprint density at radius 2 is 1.81 bits per heavy atom. The number of anilines is 2. The highest BCUT2D eigenvalue weighted by atomic mass is 16.5. The Balaban J connectivity index is 1.66. The van der Waals surface area contributed by atoms with E-state index in [4.69, 9.17) is 10.5 Å². The van der Waals surface area contributed by atoms with E-state index in [-0.39, 0.29) is 42.0 Å². The molecular formula is C17H22N6O4.